The second kappa shape index (κ2) is 6.58. The Labute approximate surface area is 94.3 Å². The molecule has 0 aliphatic heterocycles. The number of hydrogen-bond donors (Lipinski definition) is 1. The highest BCUT2D eigenvalue weighted by atomic mass is 32.2. The summed E-state index contributed by atoms with van der Waals surface area (Å²) in [7, 11) is 1.92. The second-order valence-electron chi connectivity index (χ2n) is 3.38. The number of nitrogens with zero attached hydrogens (tertiary/aromatic N) is 4. The molecule has 0 atom stereocenters. The molecule has 1 heterocycles. The molecule has 15 heavy (non-hydrogen) atoms. The van der Waals surface area contributed by atoms with Crippen LogP contribution in [0, 0.1) is 0 Å². The zero-order valence-electron chi connectivity index (χ0n) is 9.40. The van der Waals surface area contributed by atoms with Crippen molar-refractivity contribution in [2.75, 3.05) is 19.3 Å². The Morgan fingerprint density at radius 1 is 1.53 bits per heavy atom. The van der Waals surface area contributed by atoms with E-state index in [1.54, 1.807) is 11.8 Å². The molecule has 0 fully saturated rings. The number of likely N-dealkylation sites (N-methyl/N-ethyl adjacent to an activating group) is 1. The molecule has 0 saturated heterocycles. The maximum atomic E-state index is 3.97. The summed E-state index contributed by atoms with van der Waals surface area (Å²) in [5.74, 6) is 0.919. The van der Waals surface area contributed by atoms with Gasteiger partial charge in [-0.15, -0.1) is 5.10 Å². The van der Waals surface area contributed by atoms with E-state index in [2.05, 4.69) is 40.8 Å². The highest BCUT2D eigenvalue weighted by molar-refractivity contribution is 7.99. The van der Waals surface area contributed by atoms with Crippen molar-refractivity contribution in [3.8, 4) is 0 Å². The Morgan fingerprint density at radius 3 is 3.00 bits per heavy atom. The molecule has 6 heteroatoms. The number of rotatable bonds is 6. The van der Waals surface area contributed by atoms with Gasteiger partial charge in [-0.25, -0.2) is 4.68 Å². The smallest absolute Gasteiger partial charge is 0.209 e. The van der Waals surface area contributed by atoms with E-state index in [1.807, 2.05) is 11.7 Å². The molecule has 0 amide bonds. The van der Waals surface area contributed by atoms with Crippen molar-refractivity contribution in [2.45, 2.75) is 25.5 Å². The van der Waals surface area contributed by atoms with E-state index in [0.717, 1.165) is 24.0 Å². The van der Waals surface area contributed by atoms with E-state index in [4.69, 9.17) is 0 Å². The van der Waals surface area contributed by atoms with Crippen LogP contribution in [0.3, 0.4) is 0 Å². The van der Waals surface area contributed by atoms with Gasteiger partial charge in [-0.3, -0.25) is 0 Å². The van der Waals surface area contributed by atoms with Gasteiger partial charge >= 0.3 is 0 Å². The number of aromatic nitrogens is 4. The van der Waals surface area contributed by atoms with Gasteiger partial charge in [-0.05, 0) is 31.3 Å². The summed E-state index contributed by atoms with van der Waals surface area (Å²) in [6.45, 7) is 5.86. The summed E-state index contributed by atoms with van der Waals surface area (Å²) in [5.41, 5.74) is 1.32. The minimum Gasteiger partial charge on any atom is -0.318 e. The van der Waals surface area contributed by atoms with E-state index in [1.165, 1.54) is 5.57 Å². The third kappa shape index (κ3) is 4.44. The number of allylic oxidation sites excluding steroid dienone is 1. The highest BCUT2D eigenvalue weighted by Crippen LogP contribution is 2.13. The van der Waals surface area contributed by atoms with Gasteiger partial charge in [-0.1, -0.05) is 23.4 Å². The molecule has 0 unspecified atom stereocenters. The number of thioether (sulfide) groups is 1. The van der Waals surface area contributed by atoms with Crippen LogP contribution >= 0.6 is 11.8 Å². The van der Waals surface area contributed by atoms with Crippen LogP contribution in [0.4, 0.5) is 0 Å². The number of tetrazole rings is 1. The summed E-state index contributed by atoms with van der Waals surface area (Å²) >= 11 is 1.66. The fourth-order valence-electron chi connectivity index (χ4n) is 0.941. The molecule has 0 aliphatic rings. The van der Waals surface area contributed by atoms with Crippen LogP contribution in [0.15, 0.2) is 16.8 Å². The Morgan fingerprint density at radius 2 is 2.33 bits per heavy atom. The molecule has 1 aromatic rings. The molecule has 0 aromatic carbocycles. The van der Waals surface area contributed by atoms with Crippen LogP contribution < -0.4 is 5.32 Å². The molecule has 0 aliphatic carbocycles. The van der Waals surface area contributed by atoms with Gasteiger partial charge in [-0.2, -0.15) is 0 Å². The molecule has 1 rings (SSSR count). The third-order valence-corrected chi connectivity index (χ3v) is 2.66. The van der Waals surface area contributed by atoms with Gasteiger partial charge in [0, 0.05) is 12.3 Å². The minimum atomic E-state index is 0.806. The van der Waals surface area contributed by atoms with E-state index in [-0.39, 0.29) is 0 Å². The molecular formula is C9H17N5S. The van der Waals surface area contributed by atoms with Crippen LogP contribution in [-0.2, 0) is 6.54 Å². The van der Waals surface area contributed by atoms with Crippen molar-refractivity contribution in [3.05, 3.63) is 11.6 Å². The normalized spacial score (nSPS) is 10.3. The lowest BCUT2D eigenvalue weighted by Crippen LogP contribution is -2.16. The summed E-state index contributed by atoms with van der Waals surface area (Å²) in [4.78, 5) is 0. The van der Waals surface area contributed by atoms with Crippen molar-refractivity contribution in [1.82, 2.24) is 25.5 Å². The summed E-state index contributed by atoms with van der Waals surface area (Å²) < 4.78 is 1.82. The standard InChI is InChI=1S/C9H17N5S/c1-8(2)4-7-15-9-11-12-13-14(9)6-5-10-3/h4,10H,5-7H2,1-3H3. The van der Waals surface area contributed by atoms with Crippen LogP contribution in [-0.4, -0.2) is 39.6 Å². The van der Waals surface area contributed by atoms with Gasteiger partial charge < -0.3 is 5.32 Å². The lowest BCUT2D eigenvalue weighted by atomic mass is 10.3. The molecule has 0 spiro atoms. The monoisotopic (exact) mass is 227 g/mol. The quantitative estimate of drug-likeness (QED) is 0.579. The highest BCUT2D eigenvalue weighted by Gasteiger charge is 2.04. The van der Waals surface area contributed by atoms with Crippen LogP contribution in [0.1, 0.15) is 13.8 Å². The average Bonchev–Trinajstić information content (AvgIpc) is 2.62. The first kappa shape index (κ1) is 12.2. The number of hydrogen-bond acceptors (Lipinski definition) is 5. The molecule has 1 N–H and O–H groups in total. The maximum absolute atomic E-state index is 3.97. The van der Waals surface area contributed by atoms with Gasteiger partial charge in [0.15, 0.2) is 0 Å². The Bertz CT molecular complexity index is 316. The first-order chi connectivity index (χ1) is 7.24. The fourth-order valence-corrected chi connectivity index (χ4v) is 1.88. The van der Waals surface area contributed by atoms with Crippen molar-refractivity contribution in [2.24, 2.45) is 0 Å². The summed E-state index contributed by atoms with van der Waals surface area (Å²) in [5, 5.41) is 15.5. The van der Waals surface area contributed by atoms with E-state index in [9.17, 15) is 0 Å². The van der Waals surface area contributed by atoms with Crippen LogP contribution in [0.5, 0.6) is 0 Å². The molecule has 5 nitrogen and oxygen atoms in total. The van der Waals surface area contributed by atoms with E-state index < -0.39 is 0 Å². The largest absolute Gasteiger partial charge is 0.318 e. The second-order valence-corrected chi connectivity index (χ2v) is 4.37. The third-order valence-electron chi connectivity index (χ3n) is 1.78. The maximum Gasteiger partial charge on any atom is 0.209 e. The average molecular weight is 227 g/mol. The Hall–Kier alpha value is -0.880. The molecule has 0 bridgehead atoms. The van der Waals surface area contributed by atoms with Crippen LogP contribution in [0.2, 0.25) is 0 Å². The van der Waals surface area contributed by atoms with Crippen molar-refractivity contribution < 1.29 is 0 Å². The lowest BCUT2D eigenvalue weighted by molar-refractivity contribution is 0.530. The first-order valence-electron chi connectivity index (χ1n) is 4.91. The van der Waals surface area contributed by atoms with Crippen molar-refractivity contribution in [1.29, 1.82) is 0 Å². The van der Waals surface area contributed by atoms with Crippen LogP contribution in [0.25, 0.3) is 0 Å². The topological polar surface area (TPSA) is 55.6 Å². The zero-order valence-corrected chi connectivity index (χ0v) is 10.2. The molecule has 1 aromatic heterocycles. The van der Waals surface area contributed by atoms with Gasteiger partial charge in [0.25, 0.3) is 0 Å². The molecule has 84 valence electrons. The zero-order chi connectivity index (χ0) is 11.1. The molecular weight excluding hydrogens is 210 g/mol. The van der Waals surface area contributed by atoms with E-state index in [0.29, 0.717) is 0 Å². The van der Waals surface area contributed by atoms with Crippen molar-refractivity contribution >= 4 is 11.8 Å². The fraction of sp³-hybridized carbons (Fsp3) is 0.667. The lowest BCUT2D eigenvalue weighted by Gasteiger charge is -2.02. The van der Waals surface area contributed by atoms with E-state index >= 15 is 0 Å². The summed E-state index contributed by atoms with van der Waals surface area (Å²) in [6.07, 6.45) is 2.17. The minimum absolute atomic E-state index is 0.806. The Kier molecular flexibility index (Phi) is 5.34. The molecule has 0 radical (unpaired) electrons. The Balaban J connectivity index is 2.46. The number of nitrogens with one attached hydrogen (secondary N) is 1. The predicted octanol–water partition coefficient (Wildman–Crippen LogP) is 0.951. The summed E-state index contributed by atoms with van der Waals surface area (Å²) in [6, 6.07) is 0. The SMILES string of the molecule is CNCCn1nnnc1SCC=C(C)C. The van der Waals surface area contributed by atoms with Gasteiger partial charge in [0.1, 0.15) is 0 Å². The van der Waals surface area contributed by atoms with Crippen molar-refractivity contribution in [3.63, 3.8) is 0 Å². The first-order valence-corrected chi connectivity index (χ1v) is 5.89. The predicted molar refractivity (Wildman–Crippen MR) is 61.9 cm³/mol. The van der Waals surface area contributed by atoms with Gasteiger partial charge in [0.05, 0.1) is 6.54 Å². The van der Waals surface area contributed by atoms with Gasteiger partial charge in [0.2, 0.25) is 5.16 Å². The molecule has 0 saturated carbocycles.